The molecular weight excluding hydrogens is 510 g/mol. The van der Waals surface area contributed by atoms with E-state index in [1.807, 2.05) is 25.1 Å². The predicted molar refractivity (Wildman–Crippen MR) is 146 cm³/mol. The smallest absolute Gasteiger partial charge is 0.257 e. The lowest BCUT2D eigenvalue weighted by atomic mass is 10.1. The first-order chi connectivity index (χ1) is 18.3. The van der Waals surface area contributed by atoms with Gasteiger partial charge in [-0.05, 0) is 73.0 Å². The number of hydrogen-bond acceptors (Lipinski definition) is 7. The van der Waals surface area contributed by atoms with Crippen LogP contribution in [0.25, 0.3) is 22.3 Å². The standard InChI is InChI=1S/C29H28ClNO7/c1-17-13-24-21(15-22(17)30)27(33)29(28(38-24)19-6-8-20(34-2)9-7-19)37-16-26(32)31-12-11-18-5-10-23(35-3)25(14-18)36-4/h5-10,13-15H,11-12,16H2,1-4H3,(H,31,32). The van der Waals surface area contributed by atoms with Gasteiger partial charge in [-0.15, -0.1) is 0 Å². The van der Waals surface area contributed by atoms with Gasteiger partial charge in [0.1, 0.15) is 11.3 Å². The Morgan fingerprint density at radius 1 is 0.947 bits per heavy atom. The first-order valence-electron chi connectivity index (χ1n) is 11.9. The molecule has 38 heavy (non-hydrogen) atoms. The second-order valence-corrected chi connectivity index (χ2v) is 8.90. The Morgan fingerprint density at radius 2 is 1.68 bits per heavy atom. The van der Waals surface area contributed by atoms with Gasteiger partial charge in [-0.1, -0.05) is 17.7 Å². The summed E-state index contributed by atoms with van der Waals surface area (Å²) in [4.78, 5) is 26.0. The molecule has 1 N–H and O–H groups in total. The largest absolute Gasteiger partial charge is 0.497 e. The molecule has 0 fully saturated rings. The second-order valence-electron chi connectivity index (χ2n) is 8.49. The van der Waals surface area contributed by atoms with Crippen LogP contribution in [0.5, 0.6) is 23.0 Å². The Morgan fingerprint density at radius 3 is 2.37 bits per heavy atom. The number of carbonyl (C=O) groups excluding carboxylic acids is 1. The molecule has 0 aliphatic heterocycles. The Kier molecular flexibility index (Phi) is 8.43. The number of amides is 1. The van der Waals surface area contributed by atoms with Crippen LogP contribution < -0.4 is 29.7 Å². The average molecular weight is 538 g/mol. The van der Waals surface area contributed by atoms with E-state index in [9.17, 15) is 9.59 Å². The monoisotopic (exact) mass is 537 g/mol. The molecule has 0 spiro atoms. The van der Waals surface area contributed by atoms with Crippen LogP contribution in [-0.2, 0) is 11.2 Å². The maximum atomic E-state index is 13.4. The van der Waals surface area contributed by atoms with Gasteiger partial charge in [0.2, 0.25) is 11.2 Å². The van der Waals surface area contributed by atoms with Crippen LogP contribution in [0.1, 0.15) is 11.1 Å². The van der Waals surface area contributed by atoms with Crippen LogP contribution in [0.4, 0.5) is 0 Å². The summed E-state index contributed by atoms with van der Waals surface area (Å²) in [5.41, 5.74) is 2.28. The highest BCUT2D eigenvalue weighted by molar-refractivity contribution is 6.32. The summed E-state index contributed by atoms with van der Waals surface area (Å²) >= 11 is 6.26. The maximum absolute atomic E-state index is 13.4. The van der Waals surface area contributed by atoms with Crippen molar-refractivity contribution in [3.8, 4) is 34.3 Å². The Bertz CT molecular complexity index is 1510. The summed E-state index contributed by atoms with van der Waals surface area (Å²) in [5, 5.41) is 3.51. The molecule has 198 valence electrons. The summed E-state index contributed by atoms with van der Waals surface area (Å²) in [6.07, 6.45) is 0.569. The van der Waals surface area contributed by atoms with E-state index in [0.717, 1.165) is 11.1 Å². The number of carbonyl (C=O) groups is 1. The quantitative estimate of drug-likeness (QED) is 0.297. The Hall–Kier alpha value is -4.17. The highest BCUT2D eigenvalue weighted by Crippen LogP contribution is 2.33. The molecular formula is C29H28ClNO7. The van der Waals surface area contributed by atoms with E-state index in [0.29, 0.717) is 46.4 Å². The van der Waals surface area contributed by atoms with Crippen molar-refractivity contribution < 1.29 is 28.2 Å². The lowest BCUT2D eigenvalue weighted by molar-refractivity contribution is -0.123. The minimum atomic E-state index is -0.419. The molecule has 0 atom stereocenters. The first-order valence-corrected chi connectivity index (χ1v) is 12.2. The fourth-order valence-electron chi connectivity index (χ4n) is 3.93. The van der Waals surface area contributed by atoms with Gasteiger partial charge in [0.25, 0.3) is 5.91 Å². The van der Waals surface area contributed by atoms with Crippen molar-refractivity contribution in [3.05, 3.63) is 81.0 Å². The minimum absolute atomic E-state index is 0.0716. The van der Waals surface area contributed by atoms with E-state index in [4.69, 9.17) is 35.0 Å². The highest BCUT2D eigenvalue weighted by atomic mass is 35.5. The Labute approximate surface area is 225 Å². The SMILES string of the molecule is COc1ccc(-c2oc3cc(C)c(Cl)cc3c(=O)c2OCC(=O)NCCc2ccc(OC)c(OC)c2)cc1. The van der Waals surface area contributed by atoms with Gasteiger partial charge in [0, 0.05) is 17.1 Å². The number of ether oxygens (including phenoxy) is 4. The van der Waals surface area contributed by atoms with Gasteiger partial charge in [-0.25, -0.2) is 0 Å². The van der Waals surface area contributed by atoms with Gasteiger partial charge < -0.3 is 28.7 Å². The molecule has 8 nitrogen and oxygen atoms in total. The number of nitrogens with one attached hydrogen (secondary N) is 1. The van der Waals surface area contributed by atoms with E-state index in [1.54, 1.807) is 57.7 Å². The molecule has 3 aromatic carbocycles. The molecule has 1 amide bonds. The number of fused-ring (bicyclic) bond motifs is 1. The van der Waals surface area contributed by atoms with Gasteiger partial charge in [0.15, 0.2) is 23.9 Å². The lowest BCUT2D eigenvalue weighted by Crippen LogP contribution is -2.31. The van der Waals surface area contributed by atoms with E-state index >= 15 is 0 Å². The molecule has 9 heteroatoms. The van der Waals surface area contributed by atoms with Crippen molar-refractivity contribution in [3.63, 3.8) is 0 Å². The van der Waals surface area contributed by atoms with E-state index < -0.39 is 5.43 Å². The molecule has 0 saturated carbocycles. The van der Waals surface area contributed by atoms with E-state index in [-0.39, 0.29) is 29.4 Å². The molecule has 1 aromatic heterocycles. The topological polar surface area (TPSA) is 96.2 Å². The third-order valence-corrected chi connectivity index (χ3v) is 6.42. The van der Waals surface area contributed by atoms with Crippen molar-refractivity contribution in [1.29, 1.82) is 0 Å². The zero-order chi connectivity index (χ0) is 27.2. The third-order valence-electron chi connectivity index (χ3n) is 6.01. The molecule has 4 aromatic rings. The number of hydrogen-bond donors (Lipinski definition) is 1. The molecule has 4 rings (SSSR count). The molecule has 0 bridgehead atoms. The maximum Gasteiger partial charge on any atom is 0.257 e. The fourth-order valence-corrected chi connectivity index (χ4v) is 4.10. The van der Waals surface area contributed by atoms with Gasteiger partial charge in [0.05, 0.1) is 26.7 Å². The van der Waals surface area contributed by atoms with Crippen molar-refractivity contribution >= 4 is 28.5 Å². The number of benzene rings is 3. The molecule has 0 saturated heterocycles. The van der Waals surface area contributed by atoms with Crippen LogP contribution in [0.15, 0.2) is 63.8 Å². The van der Waals surface area contributed by atoms with Crippen LogP contribution in [0, 0.1) is 6.92 Å². The molecule has 1 heterocycles. The molecule has 0 unspecified atom stereocenters. The van der Waals surface area contributed by atoms with Crippen LogP contribution in [0.3, 0.4) is 0 Å². The zero-order valence-electron chi connectivity index (χ0n) is 21.6. The van der Waals surface area contributed by atoms with Crippen LogP contribution in [-0.4, -0.2) is 40.4 Å². The highest BCUT2D eigenvalue weighted by Gasteiger charge is 2.20. The van der Waals surface area contributed by atoms with E-state index in [2.05, 4.69) is 5.32 Å². The summed E-state index contributed by atoms with van der Waals surface area (Å²) in [6.45, 7) is 1.82. The molecule has 0 aliphatic rings. The number of methoxy groups -OCH3 is 3. The van der Waals surface area contributed by atoms with E-state index in [1.165, 1.54) is 0 Å². The minimum Gasteiger partial charge on any atom is -0.497 e. The lowest BCUT2D eigenvalue weighted by Gasteiger charge is -2.13. The average Bonchev–Trinajstić information content (AvgIpc) is 2.93. The number of rotatable bonds is 10. The Balaban J connectivity index is 1.53. The fraction of sp³-hybridized carbons (Fsp3) is 0.241. The molecule has 0 radical (unpaired) electrons. The number of halogens is 1. The number of aryl methyl sites for hydroxylation is 1. The van der Waals surface area contributed by atoms with Crippen molar-refractivity contribution in [2.24, 2.45) is 0 Å². The first kappa shape index (κ1) is 26.9. The normalized spacial score (nSPS) is 10.8. The van der Waals surface area contributed by atoms with Crippen molar-refractivity contribution in [1.82, 2.24) is 5.32 Å². The summed E-state index contributed by atoms with van der Waals surface area (Å²) in [7, 11) is 4.71. The van der Waals surface area contributed by atoms with Crippen LogP contribution in [0.2, 0.25) is 5.02 Å². The van der Waals surface area contributed by atoms with Crippen molar-refractivity contribution in [2.45, 2.75) is 13.3 Å². The van der Waals surface area contributed by atoms with Crippen molar-refractivity contribution in [2.75, 3.05) is 34.5 Å². The van der Waals surface area contributed by atoms with Gasteiger partial charge >= 0.3 is 0 Å². The summed E-state index contributed by atoms with van der Waals surface area (Å²) < 4.78 is 27.7. The second kappa shape index (κ2) is 11.9. The van der Waals surface area contributed by atoms with Crippen LogP contribution >= 0.6 is 11.6 Å². The predicted octanol–water partition coefficient (Wildman–Crippen LogP) is 5.19. The summed E-state index contributed by atoms with van der Waals surface area (Å²) in [6, 6.07) is 15.8. The van der Waals surface area contributed by atoms with Gasteiger partial charge in [-0.3, -0.25) is 9.59 Å². The van der Waals surface area contributed by atoms with Gasteiger partial charge in [-0.2, -0.15) is 0 Å². The summed E-state index contributed by atoms with van der Waals surface area (Å²) in [5.74, 6) is 1.65. The molecule has 0 aliphatic carbocycles. The zero-order valence-corrected chi connectivity index (χ0v) is 22.3. The third kappa shape index (κ3) is 5.86.